The van der Waals surface area contributed by atoms with E-state index in [1.165, 1.54) is 6.92 Å². The highest BCUT2D eigenvalue weighted by atomic mass is 16.6. The third-order valence-electron chi connectivity index (χ3n) is 2.79. The lowest BCUT2D eigenvalue weighted by molar-refractivity contribution is -0.142. The molecule has 0 aliphatic carbocycles. The van der Waals surface area contributed by atoms with Crippen molar-refractivity contribution in [1.29, 1.82) is 0 Å². The number of hydrogen-bond acceptors (Lipinski definition) is 4. The molecule has 2 atom stereocenters. The molecule has 0 saturated carbocycles. The van der Waals surface area contributed by atoms with Crippen LogP contribution >= 0.6 is 0 Å². The van der Waals surface area contributed by atoms with E-state index in [4.69, 9.17) is 9.84 Å². The second-order valence-electron chi connectivity index (χ2n) is 5.53. The minimum atomic E-state index is -1.11. The van der Waals surface area contributed by atoms with E-state index in [2.05, 4.69) is 0 Å². The van der Waals surface area contributed by atoms with E-state index < -0.39 is 29.6 Å². The first-order valence-corrected chi connectivity index (χ1v) is 5.84. The van der Waals surface area contributed by atoms with Crippen LogP contribution in [-0.4, -0.2) is 46.0 Å². The lowest BCUT2D eigenvalue weighted by Gasteiger charge is -2.26. The number of ether oxygens (including phenoxy) is 1. The van der Waals surface area contributed by atoms with Crippen LogP contribution in [0, 0.1) is 5.92 Å². The Balaban J connectivity index is 2.82. The van der Waals surface area contributed by atoms with Crippen molar-refractivity contribution in [3.05, 3.63) is 0 Å². The third kappa shape index (κ3) is 3.45. The van der Waals surface area contributed by atoms with Gasteiger partial charge >= 0.3 is 12.1 Å². The molecule has 0 spiro atoms. The number of carbonyl (C=O) groups is 3. The SMILES string of the molecule is CC(=O)C1CC(C(=O)O)N(C(=O)OC(C)(C)C)C1. The molecule has 6 nitrogen and oxygen atoms in total. The number of rotatable bonds is 2. The quantitative estimate of drug-likeness (QED) is 0.805. The summed E-state index contributed by atoms with van der Waals surface area (Å²) in [6.45, 7) is 6.64. The van der Waals surface area contributed by atoms with Crippen LogP contribution in [0.3, 0.4) is 0 Å². The molecule has 1 aliphatic rings. The molecule has 1 fully saturated rings. The van der Waals surface area contributed by atoms with Crippen molar-refractivity contribution in [3.8, 4) is 0 Å². The molecule has 1 rings (SSSR count). The van der Waals surface area contributed by atoms with Gasteiger partial charge in [0, 0.05) is 12.5 Å². The van der Waals surface area contributed by atoms with Crippen LogP contribution in [0.25, 0.3) is 0 Å². The summed E-state index contributed by atoms with van der Waals surface area (Å²) in [5.74, 6) is -1.63. The topological polar surface area (TPSA) is 83.9 Å². The van der Waals surface area contributed by atoms with Gasteiger partial charge in [0.15, 0.2) is 0 Å². The van der Waals surface area contributed by atoms with Crippen molar-refractivity contribution < 1.29 is 24.2 Å². The van der Waals surface area contributed by atoms with Crippen LogP contribution in [0.4, 0.5) is 4.79 Å². The zero-order valence-electron chi connectivity index (χ0n) is 11.1. The normalized spacial score (nSPS) is 23.9. The molecular weight excluding hydrogens is 238 g/mol. The van der Waals surface area contributed by atoms with Crippen molar-refractivity contribution in [3.63, 3.8) is 0 Å². The largest absolute Gasteiger partial charge is 0.480 e. The Labute approximate surface area is 106 Å². The van der Waals surface area contributed by atoms with Crippen molar-refractivity contribution in [2.75, 3.05) is 6.54 Å². The molecule has 2 unspecified atom stereocenters. The second-order valence-corrected chi connectivity index (χ2v) is 5.53. The average Bonchev–Trinajstić information content (AvgIpc) is 2.58. The number of ketones is 1. The highest BCUT2D eigenvalue weighted by Gasteiger charge is 2.42. The maximum absolute atomic E-state index is 11.9. The maximum atomic E-state index is 11.9. The van der Waals surface area contributed by atoms with Gasteiger partial charge in [0.25, 0.3) is 0 Å². The summed E-state index contributed by atoms with van der Waals surface area (Å²) in [5.41, 5.74) is -0.686. The Bertz CT molecular complexity index is 371. The second kappa shape index (κ2) is 4.96. The molecule has 1 aliphatic heterocycles. The molecule has 0 aromatic rings. The molecular formula is C12H19NO5. The Hall–Kier alpha value is -1.59. The van der Waals surface area contributed by atoms with Crippen LogP contribution in [0.1, 0.15) is 34.1 Å². The molecule has 18 heavy (non-hydrogen) atoms. The van der Waals surface area contributed by atoms with Crippen LogP contribution < -0.4 is 0 Å². The fraction of sp³-hybridized carbons (Fsp3) is 0.750. The van der Waals surface area contributed by atoms with Gasteiger partial charge in [-0.2, -0.15) is 0 Å². The van der Waals surface area contributed by atoms with Gasteiger partial charge in [-0.25, -0.2) is 9.59 Å². The first-order valence-electron chi connectivity index (χ1n) is 5.84. The van der Waals surface area contributed by atoms with Gasteiger partial charge in [0.1, 0.15) is 17.4 Å². The first kappa shape index (κ1) is 14.5. The number of likely N-dealkylation sites (tertiary alicyclic amines) is 1. The summed E-state index contributed by atoms with van der Waals surface area (Å²) in [5, 5.41) is 9.07. The molecule has 0 radical (unpaired) electrons. The van der Waals surface area contributed by atoms with Crippen molar-refractivity contribution in [2.24, 2.45) is 5.92 Å². The van der Waals surface area contributed by atoms with Crippen molar-refractivity contribution in [2.45, 2.75) is 45.8 Å². The number of Topliss-reactive ketones (excluding diaryl/α,β-unsaturated/α-hetero) is 1. The fourth-order valence-corrected chi connectivity index (χ4v) is 1.89. The molecule has 0 aromatic carbocycles. The Morgan fingerprint density at radius 2 is 1.83 bits per heavy atom. The Morgan fingerprint density at radius 3 is 2.22 bits per heavy atom. The van der Waals surface area contributed by atoms with E-state index in [9.17, 15) is 14.4 Å². The van der Waals surface area contributed by atoms with Gasteiger partial charge < -0.3 is 9.84 Å². The average molecular weight is 257 g/mol. The number of aliphatic carboxylic acids is 1. The first-order chi connectivity index (χ1) is 8.11. The van der Waals surface area contributed by atoms with E-state index in [0.29, 0.717) is 0 Å². The predicted octanol–water partition coefficient (Wildman–Crippen LogP) is 1.29. The predicted molar refractivity (Wildman–Crippen MR) is 63.2 cm³/mol. The standard InChI is InChI=1S/C12H19NO5/c1-7(14)8-5-9(10(15)16)13(6-8)11(17)18-12(2,3)4/h8-9H,5-6H2,1-4H3,(H,15,16). The smallest absolute Gasteiger partial charge is 0.411 e. The number of amides is 1. The summed E-state index contributed by atoms with van der Waals surface area (Å²) < 4.78 is 5.14. The maximum Gasteiger partial charge on any atom is 0.411 e. The summed E-state index contributed by atoms with van der Waals surface area (Å²) in [7, 11) is 0. The summed E-state index contributed by atoms with van der Waals surface area (Å²) in [4.78, 5) is 35.4. The van der Waals surface area contributed by atoms with Crippen molar-refractivity contribution in [1.82, 2.24) is 4.90 Å². The number of carboxylic acid groups (broad SMARTS) is 1. The molecule has 6 heteroatoms. The molecule has 102 valence electrons. The van der Waals surface area contributed by atoms with Crippen LogP contribution in [0.5, 0.6) is 0 Å². The van der Waals surface area contributed by atoms with Crippen LogP contribution in [0.15, 0.2) is 0 Å². The molecule has 1 amide bonds. The van der Waals surface area contributed by atoms with Gasteiger partial charge in [0.05, 0.1) is 0 Å². The van der Waals surface area contributed by atoms with Gasteiger partial charge in [0.2, 0.25) is 0 Å². The third-order valence-corrected chi connectivity index (χ3v) is 2.79. The lowest BCUT2D eigenvalue weighted by Crippen LogP contribution is -2.43. The highest BCUT2D eigenvalue weighted by Crippen LogP contribution is 2.26. The zero-order valence-corrected chi connectivity index (χ0v) is 11.1. The Morgan fingerprint density at radius 1 is 1.28 bits per heavy atom. The van der Waals surface area contributed by atoms with E-state index in [0.717, 1.165) is 4.90 Å². The number of hydrogen-bond donors (Lipinski definition) is 1. The molecule has 1 N–H and O–H groups in total. The Kier molecular flexibility index (Phi) is 3.98. The van der Waals surface area contributed by atoms with Crippen LogP contribution in [-0.2, 0) is 14.3 Å². The van der Waals surface area contributed by atoms with E-state index in [1.54, 1.807) is 20.8 Å². The molecule has 1 saturated heterocycles. The minimum Gasteiger partial charge on any atom is -0.480 e. The zero-order chi connectivity index (χ0) is 14.1. The van der Waals surface area contributed by atoms with Gasteiger partial charge in [-0.1, -0.05) is 0 Å². The lowest BCUT2D eigenvalue weighted by atomic mass is 10.0. The minimum absolute atomic E-state index is 0.104. The number of carboxylic acids is 1. The summed E-state index contributed by atoms with van der Waals surface area (Å²) >= 11 is 0. The molecule has 0 aromatic heterocycles. The number of nitrogens with zero attached hydrogens (tertiary/aromatic N) is 1. The monoisotopic (exact) mass is 257 g/mol. The van der Waals surface area contributed by atoms with Gasteiger partial charge in [-0.3, -0.25) is 9.69 Å². The van der Waals surface area contributed by atoms with Gasteiger partial charge in [-0.15, -0.1) is 0 Å². The summed E-state index contributed by atoms with van der Waals surface area (Å²) in [6.07, 6.45) is -0.525. The molecule has 1 heterocycles. The fourth-order valence-electron chi connectivity index (χ4n) is 1.89. The van der Waals surface area contributed by atoms with E-state index in [1.807, 2.05) is 0 Å². The molecule has 0 bridgehead atoms. The van der Waals surface area contributed by atoms with Crippen molar-refractivity contribution >= 4 is 17.8 Å². The number of carbonyl (C=O) groups excluding carboxylic acids is 2. The van der Waals surface area contributed by atoms with E-state index in [-0.39, 0.29) is 18.7 Å². The van der Waals surface area contributed by atoms with Gasteiger partial charge in [-0.05, 0) is 34.1 Å². The van der Waals surface area contributed by atoms with Crippen LogP contribution in [0.2, 0.25) is 0 Å². The van der Waals surface area contributed by atoms with E-state index >= 15 is 0 Å². The summed E-state index contributed by atoms with van der Waals surface area (Å²) in [6, 6.07) is -0.978. The highest BCUT2D eigenvalue weighted by molar-refractivity contribution is 5.85.